The molecule has 1 atom stereocenters. The Labute approximate surface area is 262 Å². The number of hydrogen-bond donors (Lipinski definition) is 0. The van der Waals surface area contributed by atoms with Crippen LogP contribution in [0.15, 0.2) is 188 Å². The van der Waals surface area contributed by atoms with Gasteiger partial charge in [-0.05, 0) is 62.6 Å². The summed E-state index contributed by atoms with van der Waals surface area (Å²) in [7, 11) is 1.94. The highest BCUT2D eigenvalue weighted by Gasteiger charge is 2.31. The molecule has 8 aromatic carbocycles. The molecule has 0 aromatic heterocycles. The molecule has 0 aliphatic rings. The summed E-state index contributed by atoms with van der Waals surface area (Å²) < 4.78 is 0. The maximum atomic E-state index is 2.31. The van der Waals surface area contributed by atoms with Crippen LogP contribution in [0.3, 0.4) is 0 Å². The normalized spacial score (nSPS) is 11.4. The SMILES string of the molecule is [PH3+]c1ccc2c(ccc3cc4ccccc4cc32)c1.c1ccc([B-](c2ccccc2)(c2ccccc2)c2ccccc2)cc1. The van der Waals surface area contributed by atoms with E-state index in [-0.39, 0.29) is 0 Å². The van der Waals surface area contributed by atoms with Gasteiger partial charge >= 0.3 is 0 Å². The lowest BCUT2D eigenvalue weighted by Gasteiger charge is -2.44. The maximum absolute atomic E-state index is 2.31. The van der Waals surface area contributed by atoms with Crippen LogP contribution in [-0.2, 0) is 0 Å². The molecule has 0 nitrogen and oxygen atoms in total. The molecule has 8 rings (SSSR count). The van der Waals surface area contributed by atoms with Crippen molar-refractivity contribution in [1.29, 1.82) is 0 Å². The summed E-state index contributed by atoms with van der Waals surface area (Å²) in [6.07, 6.45) is -1.22. The largest absolute Gasteiger partial charge is 0.195 e. The summed E-state index contributed by atoms with van der Waals surface area (Å²) in [5.74, 6) is 0. The van der Waals surface area contributed by atoms with Crippen LogP contribution in [0.1, 0.15) is 0 Å². The van der Waals surface area contributed by atoms with Gasteiger partial charge in [-0.15, -0.1) is 0 Å². The molecule has 0 aliphatic carbocycles. The first-order chi connectivity index (χ1) is 21.7. The highest BCUT2D eigenvalue weighted by Crippen LogP contribution is 2.29. The minimum absolute atomic E-state index is 1.22. The first kappa shape index (κ1) is 27.8. The van der Waals surface area contributed by atoms with E-state index in [4.69, 9.17) is 0 Å². The average Bonchev–Trinajstić information content (AvgIpc) is 3.10. The fraction of sp³-hybridized carbons (Fsp3) is 0. The predicted octanol–water partition coefficient (Wildman–Crippen LogP) is 7.44. The zero-order valence-corrected chi connectivity index (χ0v) is 26.1. The van der Waals surface area contributed by atoms with E-state index < -0.39 is 6.15 Å². The van der Waals surface area contributed by atoms with Gasteiger partial charge in [-0.2, -0.15) is 21.9 Å². The van der Waals surface area contributed by atoms with Gasteiger partial charge in [-0.3, -0.25) is 0 Å². The Kier molecular flexibility index (Phi) is 7.81. The number of benzene rings is 8. The lowest BCUT2D eigenvalue weighted by molar-refractivity contribution is 1.66. The van der Waals surface area contributed by atoms with Gasteiger partial charge in [0.1, 0.15) is 6.15 Å². The molecule has 0 bridgehead atoms. The van der Waals surface area contributed by atoms with Gasteiger partial charge in [0.05, 0.1) is 5.30 Å². The molecule has 0 saturated carbocycles. The Morgan fingerprint density at radius 2 is 0.682 bits per heavy atom. The Bertz CT molecular complexity index is 2000. The molecule has 0 fully saturated rings. The number of rotatable bonds is 4. The van der Waals surface area contributed by atoms with E-state index in [1.807, 2.05) is 9.24 Å². The van der Waals surface area contributed by atoms with E-state index >= 15 is 0 Å². The zero-order valence-electron chi connectivity index (χ0n) is 24.7. The van der Waals surface area contributed by atoms with Crippen LogP contribution in [-0.4, -0.2) is 6.15 Å². The number of fused-ring (bicyclic) bond motifs is 4. The summed E-state index contributed by atoms with van der Waals surface area (Å²) in [5.41, 5.74) is 5.36. The van der Waals surface area contributed by atoms with Gasteiger partial charge in [0.25, 0.3) is 0 Å². The molecule has 0 saturated heterocycles. The van der Waals surface area contributed by atoms with Gasteiger partial charge in [0, 0.05) is 9.24 Å². The van der Waals surface area contributed by atoms with Crippen molar-refractivity contribution in [2.45, 2.75) is 0 Å². The highest BCUT2D eigenvalue weighted by molar-refractivity contribution is 7.27. The molecule has 44 heavy (non-hydrogen) atoms. The lowest BCUT2D eigenvalue weighted by Crippen LogP contribution is -2.74. The van der Waals surface area contributed by atoms with Gasteiger partial charge in [-0.1, -0.05) is 158 Å². The topological polar surface area (TPSA) is 0 Å². The summed E-state index contributed by atoms with van der Waals surface area (Å²) in [6.45, 7) is 0. The van der Waals surface area contributed by atoms with Crippen molar-refractivity contribution >= 4 is 74.9 Å². The molecular formula is C42H34BP. The van der Waals surface area contributed by atoms with Gasteiger partial charge in [0.2, 0.25) is 0 Å². The van der Waals surface area contributed by atoms with E-state index in [1.54, 1.807) is 0 Å². The van der Waals surface area contributed by atoms with Crippen LogP contribution >= 0.6 is 9.24 Å². The Balaban J connectivity index is 0.000000147. The molecule has 0 amide bonds. The standard InChI is InChI=1S/C24H20B.C18H13P/c1-5-13-21(14-6-1)25(22-15-7-2-8-16-22,23-17-9-3-10-18-23)24-19-11-4-12-20-24;19-16-7-8-17-15(10-16)6-5-14-9-12-3-1-2-4-13(12)11-18(14)17/h1-20H;1-11H,19H2/q-1;/p+1. The molecule has 0 aliphatic heterocycles. The average molecular weight is 581 g/mol. The van der Waals surface area contributed by atoms with Gasteiger partial charge in [-0.25, -0.2) is 0 Å². The maximum Gasteiger partial charge on any atom is 0.108 e. The Hall–Kier alpha value is -4.97. The van der Waals surface area contributed by atoms with Crippen molar-refractivity contribution in [3.05, 3.63) is 188 Å². The van der Waals surface area contributed by atoms with E-state index in [0.717, 1.165) is 0 Å². The molecule has 0 spiro atoms. The fourth-order valence-corrected chi connectivity index (χ4v) is 7.26. The van der Waals surface area contributed by atoms with Crippen molar-refractivity contribution in [3.63, 3.8) is 0 Å². The quantitative estimate of drug-likeness (QED) is 0.0879. The Morgan fingerprint density at radius 3 is 1.14 bits per heavy atom. The van der Waals surface area contributed by atoms with Crippen molar-refractivity contribution < 1.29 is 0 Å². The summed E-state index contributed by atoms with van der Waals surface area (Å²) in [6, 6.07) is 67.8. The van der Waals surface area contributed by atoms with Crippen LogP contribution in [0.4, 0.5) is 0 Å². The van der Waals surface area contributed by atoms with Crippen LogP contribution in [0.25, 0.3) is 32.3 Å². The van der Waals surface area contributed by atoms with E-state index in [9.17, 15) is 0 Å². The van der Waals surface area contributed by atoms with Crippen molar-refractivity contribution in [3.8, 4) is 0 Å². The molecule has 0 radical (unpaired) electrons. The molecule has 210 valence electrons. The first-order valence-electron chi connectivity index (χ1n) is 15.3. The monoisotopic (exact) mass is 580 g/mol. The smallest absolute Gasteiger partial charge is 0.108 e. The molecule has 1 unspecified atom stereocenters. The fourth-order valence-electron chi connectivity index (χ4n) is 6.93. The van der Waals surface area contributed by atoms with Crippen LogP contribution in [0.5, 0.6) is 0 Å². The molecule has 8 aromatic rings. The second kappa shape index (κ2) is 12.3. The van der Waals surface area contributed by atoms with E-state index in [0.29, 0.717) is 0 Å². The van der Waals surface area contributed by atoms with E-state index in [1.165, 1.54) is 59.5 Å². The van der Waals surface area contributed by atoms with Gasteiger partial charge < -0.3 is 0 Å². The predicted molar refractivity (Wildman–Crippen MR) is 200 cm³/mol. The first-order valence-corrected chi connectivity index (χ1v) is 16.0. The third-order valence-electron chi connectivity index (χ3n) is 8.96. The minimum Gasteiger partial charge on any atom is -0.195 e. The Morgan fingerprint density at radius 1 is 0.295 bits per heavy atom. The minimum atomic E-state index is -1.22. The van der Waals surface area contributed by atoms with Crippen LogP contribution in [0.2, 0.25) is 0 Å². The molecule has 0 N–H and O–H groups in total. The number of hydrogen-bond acceptors (Lipinski definition) is 0. The van der Waals surface area contributed by atoms with Crippen LogP contribution in [0, 0.1) is 0 Å². The van der Waals surface area contributed by atoms with Crippen molar-refractivity contribution in [2.24, 2.45) is 0 Å². The van der Waals surface area contributed by atoms with Gasteiger partial charge in [0.15, 0.2) is 0 Å². The van der Waals surface area contributed by atoms with E-state index in [2.05, 4.69) is 188 Å². The summed E-state index contributed by atoms with van der Waals surface area (Å²) in [5, 5.41) is 9.30. The zero-order chi connectivity index (χ0) is 29.8. The summed E-state index contributed by atoms with van der Waals surface area (Å²) in [4.78, 5) is 0. The second-order valence-corrected chi connectivity index (χ2v) is 12.4. The van der Waals surface area contributed by atoms with Crippen molar-refractivity contribution in [1.82, 2.24) is 0 Å². The van der Waals surface area contributed by atoms with Crippen molar-refractivity contribution in [2.75, 3.05) is 0 Å². The molecule has 2 heteroatoms. The second-order valence-electron chi connectivity index (χ2n) is 11.6. The highest BCUT2D eigenvalue weighted by atomic mass is 31.0. The molecular weight excluding hydrogens is 546 g/mol. The third-order valence-corrected chi connectivity index (χ3v) is 9.40. The molecule has 0 heterocycles. The third kappa shape index (κ3) is 5.21. The summed E-state index contributed by atoms with van der Waals surface area (Å²) >= 11 is 0. The lowest BCUT2D eigenvalue weighted by atomic mass is 9.13. The van der Waals surface area contributed by atoms with Crippen LogP contribution < -0.4 is 27.2 Å².